The molecule has 1 saturated heterocycles. The molecule has 2 heteroatoms. The van der Waals surface area contributed by atoms with Crippen LogP contribution in [0.2, 0.25) is 0 Å². The van der Waals surface area contributed by atoms with Crippen molar-refractivity contribution in [1.29, 1.82) is 0 Å². The minimum absolute atomic E-state index is 0.0440. The molecule has 10 heavy (non-hydrogen) atoms. The lowest BCUT2D eigenvalue weighted by Gasteiger charge is -2.22. The molecule has 56 valence electrons. The summed E-state index contributed by atoms with van der Waals surface area (Å²) in [5, 5.41) is 9.63. The average Bonchev–Trinajstić information content (AvgIpc) is 2.21. The Morgan fingerprint density at radius 1 is 1.80 bits per heavy atom. The summed E-state index contributed by atoms with van der Waals surface area (Å²) in [6, 6.07) is 0. The molecule has 0 aromatic carbocycles. The summed E-state index contributed by atoms with van der Waals surface area (Å²) < 4.78 is 5.46. The first-order chi connectivity index (χ1) is 4.59. The second-order valence-corrected chi connectivity index (χ2v) is 3.52. The maximum atomic E-state index is 9.63. The smallest absolute Gasteiger partial charge is 0.105 e. The van der Waals surface area contributed by atoms with Crippen LogP contribution in [0, 0.1) is 0 Å². The van der Waals surface area contributed by atoms with Crippen LogP contribution < -0.4 is 0 Å². The molecule has 2 aliphatic heterocycles. The average molecular weight is 140 g/mol. The number of hydrogen-bond donors (Lipinski definition) is 1. The van der Waals surface area contributed by atoms with Gasteiger partial charge in [0.15, 0.2) is 0 Å². The summed E-state index contributed by atoms with van der Waals surface area (Å²) in [6.07, 6.45) is 2.94. The van der Waals surface area contributed by atoms with Crippen LogP contribution in [-0.2, 0) is 4.74 Å². The lowest BCUT2D eigenvalue weighted by atomic mass is 9.88. The standard InChI is InChI=1S/C8H12O2/c1-5-3-7-8(2,9)4-6(5)10-7/h3,6-7,9H,4H2,1-2H3/t6-,7-,8-/m1/s1. The summed E-state index contributed by atoms with van der Waals surface area (Å²) in [4.78, 5) is 0. The van der Waals surface area contributed by atoms with Gasteiger partial charge in [0.25, 0.3) is 0 Å². The van der Waals surface area contributed by atoms with Crippen molar-refractivity contribution in [1.82, 2.24) is 0 Å². The first-order valence-electron chi connectivity index (χ1n) is 3.66. The summed E-state index contributed by atoms with van der Waals surface area (Å²) in [5.41, 5.74) is 0.668. The molecule has 2 bridgehead atoms. The van der Waals surface area contributed by atoms with Crippen molar-refractivity contribution in [2.45, 2.75) is 38.1 Å². The molecular formula is C8H12O2. The molecule has 1 fully saturated rings. The van der Waals surface area contributed by atoms with E-state index in [2.05, 4.69) is 6.92 Å². The van der Waals surface area contributed by atoms with Crippen molar-refractivity contribution < 1.29 is 9.84 Å². The Bertz CT molecular complexity index is 193. The maximum absolute atomic E-state index is 9.63. The molecule has 0 radical (unpaired) electrons. The number of rotatable bonds is 0. The van der Waals surface area contributed by atoms with Gasteiger partial charge in [-0.15, -0.1) is 0 Å². The molecule has 2 aliphatic rings. The van der Waals surface area contributed by atoms with Gasteiger partial charge in [-0.05, 0) is 19.4 Å². The van der Waals surface area contributed by atoms with Gasteiger partial charge in [0.1, 0.15) is 6.10 Å². The lowest BCUT2D eigenvalue weighted by molar-refractivity contribution is 0.00300. The fourth-order valence-electron chi connectivity index (χ4n) is 1.70. The second kappa shape index (κ2) is 1.63. The van der Waals surface area contributed by atoms with E-state index in [9.17, 15) is 5.11 Å². The van der Waals surface area contributed by atoms with Gasteiger partial charge in [-0.3, -0.25) is 0 Å². The van der Waals surface area contributed by atoms with Gasteiger partial charge in [-0.1, -0.05) is 6.08 Å². The minimum atomic E-state index is -0.607. The van der Waals surface area contributed by atoms with E-state index in [0.29, 0.717) is 0 Å². The largest absolute Gasteiger partial charge is 0.387 e. The molecule has 0 spiro atoms. The Hall–Kier alpha value is -0.340. The molecular weight excluding hydrogens is 128 g/mol. The van der Waals surface area contributed by atoms with Crippen molar-refractivity contribution in [3.05, 3.63) is 11.6 Å². The Kier molecular flexibility index (Phi) is 1.04. The van der Waals surface area contributed by atoms with Gasteiger partial charge >= 0.3 is 0 Å². The van der Waals surface area contributed by atoms with E-state index in [4.69, 9.17) is 4.74 Å². The van der Waals surface area contributed by atoms with Crippen LogP contribution in [0.15, 0.2) is 11.6 Å². The Morgan fingerprint density at radius 3 is 2.80 bits per heavy atom. The summed E-state index contributed by atoms with van der Waals surface area (Å²) >= 11 is 0. The normalized spacial score (nSPS) is 51.7. The zero-order valence-electron chi connectivity index (χ0n) is 6.29. The third-order valence-electron chi connectivity index (χ3n) is 2.44. The molecule has 0 aliphatic carbocycles. The molecule has 0 aromatic rings. The highest BCUT2D eigenvalue weighted by atomic mass is 16.5. The third-order valence-corrected chi connectivity index (χ3v) is 2.44. The van der Waals surface area contributed by atoms with E-state index >= 15 is 0 Å². The molecule has 0 amide bonds. The van der Waals surface area contributed by atoms with Crippen LogP contribution in [0.1, 0.15) is 20.3 Å². The molecule has 2 nitrogen and oxygen atoms in total. The molecule has 0 unspecified atom stereocenters. The molecule has 0 saturated carbocycles. The van der Waals surface area contributed by atoms with E-state index < -0.39 is 5.60 Å². The maximum Gasteiger partial charge on any atom is 0.105 e. The van der Waals surface area contributed by atoms with Gasteiger partial charge in [0.05, 0.1) is 11.7 Å². The van der Waals surface area contributed by atoms with Crippen molar-refractivity contribution in [2.75, 3.05) is 0 Å². The van der Waals surface area contributed by atoms with Crippen molar-refractivity contribution in [3.8, 4) is 0 Å². The lowest BCUT2D eigenvalue weighted by Crippen LogP contribution is -2.34. The summed E-state index contributed by atoms with van der Waals surface area (Å²) in [7, 11) is 0. The fourth-order valence-corrected chi connectivity index (χ4v) is 1.70. The number of hydrogen-bond acceptors (Lipinski definition) is 2. The van der Waals surface area contributed by atoms with E-state index in [1.165, 1.54) is 5.57 Å². The molecule has 1 N–H and O–H groups in total. The van der Waals surface area contributed by atoms with Crippen LogP contribution >= 0.6 is 0 Å². The van der Waals surface area contributed by atoms with Crippen LogP contribution in [-0.4, -0.2) is 22.9 Å². The van der Waals surface area contributed by atoms with Crippen LogP contribution in [0.25, 0.3) is 0 Å². The minimum Gasteiger partial charge on any atom is -0.387 e. The predicted molar refractivity (Wildman–Crippen MR) is 37.7 cm³/mol. The van der Waals surface area contributed by atoms with E-state index in [0.717, 1.165) is 6.42 Å². The highest BCUT2D eigenvalue weighted by molar-refractivity contribution is 5.24. The SMILES string of the molecule is CC1=C[C@H]2O[C@@H]1C[C@@]2(C)O. The highest BCUT2D eigenvalue weighted by Gasteiger charge is 2.47. The van der Waals surface area contributed by atoms with Gasteiger partial charge in [0.2, 0.25) is 0 Å². The molecule has 0 aromatic heterocycles. The zero-order chi connectivity index (χ0) is 7.35. The highest BCUT2D eigenvalue weighted by Crippen LogP contribution is 2.40. The zero-order valence-corrected chi connectivity index (χ0v) is 6.29. The Morgan fingerprint density at radius 2 is 2.50 bits per heavy atom. The monoisotopic (exact) mass is 140 g/mol. The predicted octanol–water partition coefficient (Wildman–Crippen LogP) is 0.855. The number of ether oxygens (including phenoxy) is 1. The van der Waals surface area contributed by atoms with E-state index in [1.54, 1.807) is 0 Å². The van der Waals surface area contributed by atoms with Crippen LogP contribution in [0.3, 0.4) is 0 Å². The van der Waals surface area contributed by atoms with Gasteiger partial charge in [-0.25, -0.2) is 0 Å². The van der Waals surface area contributed by atoms with Crippen molar-refractivity contribution in [2.24, 2.45) is 0 Å². The van der Waals surface area contributed by atoms with Crippen molar-refractivity contribution >= 4 is 0 Å². The first kappa shape index (κ1) is 6.38. The molecule has 2 heterocycles. The second-order valence-electron chi connectivity index (χ2n) is 3.52. The van der Waals surface area contributed by atoms with Gasteiger partial charge in [0, 0.05) is 6.42 Å². The van der Waals surface area contributed by atoms with E-state index in [-0.39, 0.29) is 12.2 Å². The topological polar surface area (TPSA) is 29.5 Å². The Balaban J connectivity index is 2.30. The Labute approximate surface area is 60.5 Å². The summed E-state index contributed by atoms with van der Waals surface area (Å²) in [6.45, 7) is 3.89. The number of fused-ring (bicyclic) bond motifs is 2. The van der Waals surface area contributed by atoms with Crippen LogP contribution in [0.4, 0.5) is 0 Å². The quantitative estimate of drug-likeness (QED) is 0.505. The van der Waals surface area contributed by atoms with Gasteiger partial charge < -0.3 is 9.84 Å². The van der Waals surface area contributed by atoms with Crippen LogP contribution in [0.5, 0.6) is 0 Å². The number of aliphatic hydroxyl groups is 1. The van der Waals surface area contributed by atoms with Gasteiger partial charge in [-0.2, -0.15) is 0 Å². The fraction of sp³-hybridized carbons (Fsp3) is 0.750. The third kappa shape index (κ3) is 0.662. The summed E-state index contributed by atoms with van der Waals surface area (Å²) in [5.74, 6) is 0. The van der Waals surface area contributed by atoms with Crippen molar-refractivity contribution in [3.63, 3.8) is 0 Å². The first-order valence-corrected chi connectivity index (χ1v) is 3.66. The van der Waals surface area contributed by atoms with E-state index in [1.807, 2.05) is 13.0 Å². The molecule has 3 atom stereocenters. The molecule has 2 rings (SSSR count).